The van der Waals surface area contributed by atoms with Gasteiger partial charge in [-0.15, -0.1) is 0 Å². The number of ether oxygens (including phenoxy) is 4. The van der Waals surface area contributed by atoms with Crippen LogP contribution in [0.15, 0.2) is 59.5 Å². The van der Waals surface area contributed by atoms with Crippen LogP contribution in [0.1, 0.15) is 37.4 Å². The first-order valence-corrected chi connectivity index (χ1v) is 16.5. The first kappa shape index (κ1) is 37.7. The summed E-state index contributed by atoms with van der Waals surface area (Å²) in [5.74, 6) is -5.60. The maximum Gasteiger partial charge on any atom is 0.459 e. The van der Waals surface area contributed by atoms with Crippen molar-refractivity contribution in [2.24, 2.45) is 0 Å². The van der Waals surface area contributed by atoms with E-state index in [1.54, 1.807) is 32.0 Å². The number of aliphatic hydroxyl groups is 1. The Morgan fingerprint density at radius 3 is 2.33 bits per heavy atom. The number of alkyl halides is 2. The van der Waals surface area contributed by atoms with E-state index in [4.69, 9.17) is 39.6 Å². The molecular formula is C30H34ClF2N4O11P. The van der Waals surface area contributed by atoms with E-state index < -0.39 is 68.4 Å². The molecule has 2 unspecified atom stereocenters. The number of carbonyl (C=O) groups is 2. The Hall–Kier alpha value is -4.12. The smallest absolute Gasteiger partial charge is 0.459 e. The number of methoxy groups -OCH3 is 2. The number of rotatable bonds is 14. The van der Waals surface area contributed by atoms with Gasteiger partial charge in [-0.05, 0) is 51.1 Å². The minimum atomic E-state index is -4.51. The highest BCUT2D eigenvalue weighted by atomic mass is 35.5. The maximum atomic E-state index is 15.3. The van der Waals surface area contributed by atoms with E-state index in [1.807, 2.05) is 0 Å². The summed E-state index contributed by atoms with van der Waals surface area (Å²) in [4.78, 5) is 41.7. The van der Waals surface area contributed by atoms with Gasteiger partial charge in [0.2, 0.25) is 6.23 Å². The molecule has 1 aliphatic rings. The molecule has 0 radical (unpaired) electrons. The molecule has 266 valence electrons. The molecular weight excluding hydrogens is 697 g/mol. The molecule has 19 heteroatoms. The number of esters is 1. The molecule has 1 aromatic heterocycles. The average molecular weight is 731 g/mol. The molecule has 1 amide bonds. The van der Waals surface area contributed by atoms with Crippen LogP contribution < -0.4 is 30.1 Å². The molecule has 5 atom stereocenters. The van der Waals surface area contributed by atoms with Gasteiger partial charge in [-0.3, -0.25) is 18.7 Å². The minimum absolute atomic E-state index is 0.0231. The van der Waals surface area contributed by atoms with Crippen LogP contribution in [0.3, 0.4) is 0 Å². The van der Waals surface area contributed by atoms with Gasteiger partial charge in [0.25, 0.3) is 5.91 Å². The van der Waals surface area contributed by atoms with Gasteiger partial charge in [0.15, 0.2) is 6.10 Å². The Bertz CT molecular complexity index is 1740. The molecule has 0 aliphatic carbocycles. The third-order valence-electron chi connectivity index (χ3n) is 6.85. The number of aliphatic hydroxyl groups excluding tert-OH is 1. The number of amides is 1. The molecule has 3 N–H and O–H groups in total. The molecule has 2 heterocycles. The first-order chi connectivity index (χ1) is 23.1. The van der Waals surface area contributed by atoms with Crippen LogP contribution in [0.4, 0.5) is 14.6 Å². The number of hydrogen-bond acceptors (Lipinski definition) is 12. The third-order valence-corrected chi connectivity index (χ3v) is 8.86. The number of carbonyl (C=O) groups excluding carboxylic acids is 2. The lowest BCUT2D eigenvalue weighted by Gasteiger charge is -2.25. The number of para-hydroxylation sites is 1. The summed E-state index contributed by atoms with van der Waals surface area (Å²) in [7, 11) is -1.84. The van der Waals surface area contributed by atoms with Crippen LogP contribution >= 0.6 is 19.3 Å². The summed E-state index contributed by atoms with van der Waals surface area (Å²) in [6.07, 6.45) is -6.38. The molecule has 2 aromatic carbocycles. The van der Waals surface area contributed by atoms with Crippen molar-refractivity contribution in [3.8, 4) is 17.2 Å². The average Bonchev–Trinajstić information content (AvgIpc) is 3.27. The number of nitrogens with zero attached hydrogens (tertiary/aromatic N) is 2. The zero-order valence-electron chi connectivity index (χ0n) is 26.8. The fourth-order valence-corrected chi connectivity index (χ4v) is 6.23. The van der Waals surface area contributed by atoms with Crippen LogP contribution in [0.25, 0.3) is 0 Å². The predicted octanol–water partition coefficient (Wildman–Crippen LogP) is 4.19. The van der Waals surface area contributed by atoms with Gasteiger partial charge in [0.1, 0.15) is 40.2 Å². The van der Waals surface area contributed by atoms with Crippen molar-refractivity contribution in [3.63, 3.8) is 0 Å². The molecule has 4 rings (SSSR count). The molecule has 1 fully saturated rings. The highest BCUT2D eigenvalue weighted by Gasteiger charge is 2.60. The van der Waals surface area contributed by atoms with Crippen LogP contribution in [-0.4, -0.2) is 77.6 Å². The summed E-state index contributed by atoms with van der Waals surface area (Å²) < 4.78 is 76.4. The Balaban J connectivity index is 1.50. The number of anilines is 1. The molecule has 0 spiro atoms. The van der Waals surface area contributed by atoms with Gasteiger partial charge in [-0.1, -0.05) is 29.8 Å². The second kappa shape index (κ2) is 15.6. The van der Waals surface area contributed by atoms with Gasteiger partial charge in [0.05, 0.1) is 26.9 Å². The lowest BCUT2D eigenvalue weighted by Crippen LogP contribution is -2.42. The summed E-state index contributed by atoms with van der Waals surface area (Å²) in [6.45, 7) is 3.62. The Morgan fingerprint density at radius 2 is 1.76 bits per heavy atom. The number of aromatic nitrogens is 2. The minimum Gasteiger partial charge on any atom is -0.495 e. The molecule has 0 saturated carbocycles. The van der Waals surface area contributed by atoms with Gasteiger partial charge >= 0.3 is 25.3 Å². The van der Waals surface area contributed by atoms with E-state index in [0.29, 0.717) is 4.57 Å². The van der Waals surface area contributed by atoms with Gasteiger partial charge in [-0.2, -0.15) is 18.9 Å². The lowest BCUT2D eigenvalue weighted by molar-refractivity contribution is -0.149. The molecule has 3 aromatic rings. The molecule has 1 aliphatic heterocycles. The van der Waals surface area contributed by atoms with E-state index in [0.717, 1.165) is 12.3 Å². The SMILES string of the molecule is COc1cc(C(=O)Nc2ccn(C3O[C@H](COP(=O)(N[C@H](C)C(=O)OC(C)C)Oc4ccccc4)[C@@H](O)C3(F)F)c(=O)n2)cc(OC)c1Cl. The summed E-state index contributed by atoms with van der Waals surface area (Å²) in [6, 6.07) is 10.1. The summed E-state index contributed by atoms with van der Waals surface area (Å²) in [5, 5.41) is 15.4. The number of nitrogens with one attached hydrogen (secondary N) is 2. The van der Waals surface area contributed by atoms with Gasteiger partial charge < -0.3 is 33.9 Å². The molecule has 49 heavy (non-hydrogen) atoms. The van der Waals surface area contributed by atoms with Crippen LogP contribution in [0.2, 0.25) is 5.02 Å². The second-order valence-electron chi connectivity index (χ2n) is 10.8. The fourth-order valence-electron chi connectivity index (χ4n) is 4.46. The first-order valence-electron chi connectivity index (χ1n) is 14.6. The van der Waals surface area contributed by atoms with Crippen molar-refractivity contribution >= 4 is 37.0 Å². The molecule has 15 nitrogen and oxygen atoms in total. The number of halogens is 3. The Morgan fingerprint density at radius 1 is 1.12 bits per heavy atom. The van der Waals surface area contributed by atoms with Crippen LogP contribution in [0.5, 0.6) is 17.2 Å². The molecule has 1 saturated heterocycles. The number of benzene rings is 2. The van der Waals surface area contributed by atoms with E-state index in [9.17, 15) is 24.1 Å². The largest absolute Gasteiger partial charge is 0.495 e. The topological polar surface area (TPSA) is 186 Å². The Kier molecular flexibility index (Phi) is 12.0. The highest BCUT2D eigenvalue weighted by molar-refractivity contribution is 7.52. The summed E-state index contributed by atoms with van der Waals surface area (Å²) >= 11 is 6.13. The van der Waals surface area contributed by atoms with Gasteiger partial charge in [-0.25, -0.2) is 9.36 Å². The van der Waals surface area contributed by atoms with Crippen LogP contribution in [0, 0.1) is 0 Å². The lowest BCUT2D eigenvalue weighted by atomic mass is 10.1. The normalized spacial score (nSPS) is 20.2. The van der Waals surface area contributed by atoms with Crippen molar-refractivity contribution in [1.82, 2.24) is 14.6 Å². The standard InChI is InChI=1S/C30H34ClF2N4O11P/c1-16(2)46-27(40)17(3)36-49(42,48-19-9-7-6-8-10-19)45-15-22-25(38)30(32,33)28(47-22)37-12-11-23(35-29(37)41)34-26(39)18-13-20(43-4)24(31)21(14-18)44-5/h6-14,16-17,22,25,28,38H,15H2,1-5H3,(H,36,42)(H,34,35,39,41)/t17-,22-,25-,28?,49?/m1/s1. The second-order valence-corrected chi connectivity index (χ2v) is 12.9. The zero-order chi connectivity index (χ0) is 36.1. The Labute approximate surface area is 284 Å². The molecule has 0 bridgehead atoms. The third kappa shape index (κ3) is 8.92. The van der Waals surface area contributed by atoms with E-state index in [1.165, 1.54) is 45.4 Å². The number of hydrogen-bond donors (Lipinski definition) is 3. The van der Waals surface area contributed by atoms with Crippen LogP contribution in [-0.2, 0) is 23.4 Å². The van der Waals surface area contributed by atoms with Crippen molar-refractivity contribution in [2.75, 3.05) is 26.1 Å². The summed E-state index contributed by atoms with van der Waals surface area (Å²) in [5.41, 5.74) is -1.24. The van der Waals surface area contributed by atoms with E-state index >= 15 is 8.78 Å². The maximum absolute atomic E-state index is 15.3. The van der Waals surface area contributed by atoms with Crippen molar-refractivity contribution in [2.45, 2.75) is 57.3 Å². The van der Waals surface area contributed by atoms with Crippen molar-refractivity contribution in [1.29, 1.82) is 0 Å². The zero-order valence-corrected chi connectivity index (χ0v) is 28.4. The monoisotopic (exact) mass is 730 g/mol. The predicted molar refractivity (Wildman–Crippen MR) is 170 cm³/mol. The highest BCUT2D eigenvalue weighted by Crippen LogP contribution is 2.48. The van der Waals surface area contributed by atoms with Crippen molar-refractivity contribution in [3.05, 3.63) is 75.8 Å². The van der Waals surface area contributed by atoms with E-state index in [2.05, 4.69) is 15.4 Å². The quantitative estimate of drug-likeness (QED) is 0.159. The van der Waals surface area contributed by atoms with E-state index in [-0.39, 0.29) is 33.7 Å². The fraction of sp³-hybridized carbons (Fsp3) is 0.400. The van der Waals surface area contributed by atoms with Crippen molar-refractivity contribution < 1.29 is 56.0 Å². The van der Waals surface area contributed by atoms with Gasteiger partial charge in [0, 0.05) is 11.8 Å².